The Balaban J connectivity index is 1.78. The molecule has 0 aromatic carbocycles. The molecular weight excluding hydrogens is 257 g/mol. The van der Waals surface area contributed by atoms with Gasteiger partial charge in [0.1, 0.15) is 6.10 Å². The fourth-order valence-corrected chi connectivity index (χ4v) is 4.04. The van der Waals surface area contributed by atoms with Crippen molar-refractivity contribution in [2.24, 2.45) is 16.7 Å². The van der Waals surface area contributed by atoms with Crippen LogP contribution in [0.25, 0.3) is 0 Å². The highest BCUT2D eigenvalue weighted by Gasteiger charge is 2.62. The van der Waals surface area contributed by atoms with Crippen LogP contribution in [0.4, 0.5) is 4.39 Å². The van der Waals surface area contributed by atoms with Gasteiger partial charge in [-0.3, -0.25) is 0 Å². The summed E-state index contributed by atoms with van der Waals surface area (Å²) in [5.41, 5.74) is 0.460. The average molecular weight is 277 g/mol. The van der Waals surface area contributed by atoms with Crippen molar-refractivity contribution in [2.45, 2.75) is 46.1 Å². The number of rotatable bonds is 2. The molecule has 4 heteroatoms. The summed E-state index contributed by atoms with van der Waals surface area (Å²) < 4.78 is 18.8. The summed E-state index contributed by atoms with van der Waals surface area (Å²) >= 11 is 0. The molecule has 20 heavy (non-hydrogen) atoms. The zero-order valence-electron chi connectivity index (χ0n) is 12.1. The van der Waals surface area contributed by atoms with Crippen LogP contribution in [0.2, 0.25) is 0 Å². The maximum atomic E-state index is 13.1. The molecule has 2 aliphatic carbocycles. The van der Waals surface area contributed by atoms with Gasteiger partial charge in [0.25, 0.3) is 0 Å². The number of pyridine rings is 1. The standard InChI is InChI=1S/C16H20FNO2/c1-15(2)11-4-6-16(15,3)12(9-11)20-14(19)10-5-7-18-13(17)8-10/h5,7-8,11-12H,4,6,9H2,1-3H3. The topological polar surface area (TPSA) is 39.2 Å². The van der Waals surface area contributed by atoms with Crippen LogP contribution in [0.1, 0.15) is 50.4 Å². The van der Waals surface area contributed by atoms with E-state index in [0.29, 0.717) is 5.92 Å². The molecule has 0 spiro atoms. The summed E-state index contributed by atoms with van der Waals surface area (Å²) in [6, 6.07) is 2.62. The first-order chi connectivity index (χ1) is 9.34. The third-order valence-electron chi connectivity index (χ3n) is 5.93. The summed E-state index contributed by atoms with van der Waals surface area (Å²) in [4.78, 5) is 15.6. The Kier molecular flexibility index (Phi) is 2.89. The average Bonchev–Trinajstić information content (AvgIpc) is 2.72. The van der Waals surface area contributed by atoms with E-state index in [1.54, 1.807) is 0 Å². The van der Waals surface area contributed by atoms with E-state index in [0.717, 1.165) is 18.9 Å². The Labute approximate surface area is 118 Å². The predicted octanol–water partition coefficient (Wildman–Crippen LogP) is 3.59. The van der Waals surface area contributed by atoms with E-state index in [4.69, 9.17) is 4.74 Å². The van der Waals surface area contributed by atoms with E-state index in [1.807, 2.05) is 0 Å². The molecule has 0 aliphatic heterocycles. The van der Waals surface area contributed by atoms with Crippen molar-refractivity contribution >= 4 is 5.97 Å². The highest BCUT2D eigenvalue weighted by molar-refractivity contribution is 5.89. The molecule has 1 aromatic rings. The van der Waals surface area contributed by atoms with Gasteiger partial charge in [-0.25, -0.2) is 9.78 Å². The van der Waals surface area contributed by atoms with Crippen molar-refractivity contribution in [1.82, 2.24) is 4.98 Å². The Morgan fingerprint density at radius 3 is 2.75 bits per heavy atom. The molecule has 3 rings (SSSR count). The number of carbonyl (C=O) groups excluding carboxylic acids is 1. The Hall–Kier alpha value is -1.45. The van der Waals surface area contributed by atoms with Crippen molar-refractivity contribution in [3.8, 4) is 0 Å². The van der Waals surface area contributed by atoms with Crippen LogP contribution in [0.5, 0.6) is 0 Å². The summed E-state index contributed by atoms with van der Waals surface area (Å²) in [7, 11) is 0. The minimum Gasteiger partial charge on any atom is -0.458 e. The van der Waals surface area contributed by atoms with E-state index in [1.165, 1.54) is 18.7 Å². The van der Waals surface area contributed by atoms with Gasteiger partial charge in [0, 0.05) is 17.7 Å². The lowest BCUT2D eigenvalue weighted by Gasteiger charge is -2.38. The van der Waals surface area contributed by atoms with Gasteiger partial charge in [0.05, 0.1) is 5.56 Å². The molecule has 0 saturated heterocycles. The van der Waals surface area contributed by atoms with Gasteiger partial charge in [-0.15, -0.1) is 0 Å². The summed E-state index contributed by atoms with van der Waals surface area (Å²) in [6.07, 6.45) is 4.44. The van der Waals surface area contributed by atoms with Gasteiger partial charge in [-0.1, -0.05) is 20.8 Å². The maximum absolute atomic E-state index is 13.1. The number of hydrogen-bond donors (Lipinski definition) is 0. The van der Waals surface area contributed by atoms with Gasteiger partial charge < -0.3 is 4.74 Å². The fraction of sp³-hybridized carbons (Fsp3) is 0.625. The number of aromatic nitrogens is 1. The van der Waals surface area contributed by atoms with Crippen LogP contribution < -0.4 is 0 Å². The molecule has 0 amide bonds. The third kappa shape index (κ3) is 1.77. The van der Waals surface area contributed by atoms with E-state index in [2.05, 4.69) is 25.8 Å². The van der Waals surface area contributed by atoms with Crippen molar-refractivity contribution in [3.63, 3.8) is 0 Å². The predicted molar refractivity (Wildman–Crippen MR) is 72.6 cm³/mol. The van der Waals surface area contributed by atoms with Gasteiger partial charge in [-0.05, 0) is 36.7 Å². The number of halogens is 1. The molecule has 2 fully saturated rings. The number of fused-ring (bicyclic) bond motifs is 2. The number of ether oxygens (including phenoxy) is 1. The minimum atomic E-state index is -0.654. The molecule has 2 bridgehead atoms. The number of carbonyl (C=O) groups is 1. The SMILES string of the molecule is CC1(C)C2CCC1(C)C(OC(=O)c1ccnc(F)c1)C2. The minimum absolute atomic E-state index is 0.0267. The van der Waals surface area contributed by atoms with Crippen LogP contribution in [0.15, 0.2) is 18.3 Å². The second kappa shape index (κ2) is 4.27. The zero-order chi connectivity index (χ0) is 14.5. The van der Waals surface area contributed by atoms with Crippen LogP contribution in [0, 0.1) is 22.7 Å². The Morgan fingerprint density at radius 2 is 2.20 bits per heavy atom. The molecule has 2 saturated carbocycles. The molecule has 2 aliphatic rings. The fourth-order valence-electron chi connectivity index (χ4n) is 4.04. The Morgan fingerprint density at radius 1 is 1.45 bits per heavy atom. The van der Waals surface area contributed by atoms with Gasteiger partial charge in [-0.2, -0.15) is 4.39 Å². The molecule has 3 nitrogen and oxygen atoms in total. The van der Waals surface area contributed by atoms with Crippen molar-refractivity contribution in [2.75, 3.05) is 0 Å². The largest absolute Gasteiger partial charge is 0.458 e. The zero-order valence-corrected chi connectivity index (χ0v) is 12.1. The van der Waals surface area contributed by atoms with Crippen LogP contribution in [-0.2, 0) is 4.74 Å². The lowest BCUT2D eigenvalue weighted by molar-refractivity contribution is -0.0243. The molecular formula is C16H20FNO2. The highest BCUT2D eigenvalue weighted by Crippen LogP contribution is 2.66. The molecule has 0 radical (unpaired) electrons. The second-order valence-electron chi connectivity index (χ2n) is 6.87. The lowest BCUT2D eigenvalue weighted by Crippen LogP contribution is -2.38. The molecule has 3 atom stereocenters. The molecule has 1 heterocycles. The van der Waals surface area contributed by atoms with Crippen molar-refractivity contribution < 1.29 is 13.9 Å². The lowest BCUT2D eigenvalue weighted by atomic mass is 9.70. The van der Waals surface area contributed by atoms with E-state index < -0.39 is 11.9 Å². The summed E-state index contributed by atoms with van der Waals surface area (Å²) in [5.74, 6) is -0.487. The van der Waals surface area contributed by atoms with Crippen LogP contribution in [0.3, 0.4) is 0 Å². The maximum Gasteiger partial charge on any atom is 0.338 e. The normalized spacial score (nSPS) is 34.2. The van der Waals surface area contributed by atoms with Crippen molar-refractivity contribution in [3.05, 3.63) is 29.8 Å². The summed E-state index contributed by atoms with van der Waals surface area (Å²) in [6.45, 7) is 6.75. The molecule has 3 unspecified atom stereocenters. The first-order valence-electron chi connectivity index (χ1n) is 7.17. The Bertz CT molecular complexity index is 557. The van der Waals surface area contributed by atoms with Gasteiger partial charge in [0.2, 0.25) is 5.95 Å². The third-order valence-corrected chi connectivity index (χ3v) is 5.93. The molecule has 0 N–H and O–H groups in total. The van der Waals surface area contributed by atoms with Crippen LogP contribution >= 0.6 is 0 Å². The number of nitrogens with zero attached hydrogens (tertiary/aromatic N) is 1. The highest BCUT2D eigenvalue weighted by atomic mass is 19.1. The quantitative estimate of drug-likeness (QED) is 0.612. The first kappa shape index (κ1) is 13.5. The van der Waals surface area contributed by atoms with E-state index in [9.17, 15) is 9.18 Å². The smallest absolute Gasteiger partial charge is 0.338 e. The number of esters is 1. The van der Waals surface area contributed by atoms with E-state index >= 15 is 0 Å². The monoisotopic (exact) mass is 277 g/mol. The molecule has 1 aromatic heterocycles. The first-order valence-corrected chi connectivity index (χ1v) is 7.17. The van der Waals surface area contributed by atoms with Crippen molar-refractivity contribution in [1.29, 1.82) is 0 Å². The summed E-state index contributed by atoms with van der Waals surface area (Å²) in [5, 5.41) is 0. The van der Waals surface area contributed by atoms with Crippen LogP contribution in [-0.4, -0.2) is 17.1 Å². The van der Waals surface area contributed by atoms with E-state index in [-0.39, 0.29) is 22.5 Å². The number of hydrogen-bond acceptors (Lipinski definition) is 3. The molecule has 108 valence electrons. The second-order valence-corrected chi connectivity index (χ2v) is 6.87. The van der Waals surface area contributed by atoms with Gasteiger partial charge >= 0.3 is 5.97 Å². The van der Waals surface area contributed by atoms with Gasteiger partial charge in [0.15, 0.2) is 0 Å².